The molecule has 0 radical (unpaired) electrons. The quantitative estimate of drug-likeness (QED) is 0.613. The van der Waals surface area contributed by atoms with Crippen molar-refractivity contribution in [1.29, 1.82) is 0 Å². The lowest BCUT2D eigenvalue weighted by molar-refractivity contribution is -0.140. The van der Waals surface area contributed by atoms with Crippen LogP contribution in [0.15, 0.2) is 48.5 Å². The zero-order valence-corrected chi connectivity index (χ0v) is 19.1. The van der Waals surface area contributed by atoms with E-state index in [4.69, 9.17) is 0 Å². The summed E-state index contributed by atoms with van der Waals surface area (Å²) in [5.74, 6) is -0.0967. The van der Waals surface area contributed by atoms with Crippen LogP contribution in [-0.4, -0.2) is 28.8 Å². The van der Waals surface area contributed by atoms with E-state index < -0.39 is 6.04 Å². The third kappa shape index (κ3) is 7.01. The highest BCUT2D eigenvalue weighted by atomic mass is 16.2. The van der Waals surface area contributed by atoms with E-state index in [1.54, 1.807) is 4.90 Å². The SMILES string of the molecule is CCc1ccc(CCC(=O)N(Cc2cccc(C)c2)[C@H](C)C(=O)N[C@@H](C)CC)cc1. The molecule has 0 heterocycles. The summed E-state index contributed by atoms with van der Waals surface area (Å²) in [6.07, 6.45) is 2.93. The predicted octanol–water partition coefficient (Wildman–Crippen LogP) is 4.82. The van der Waals surface area contributed by atoms with E-state index in [1.807, 2.05) is 45.9 Å². The number of carbonyl (C=O) groups excluding carboxylic acids is 2. The minimum Gasteiger partial charge on any atom is -0.352 e. The molecule has 0 saturated carbocycles. The molecule has 2 rings (SSSR count). The van der Waals surface area contributed by atoms with Crippen molar-refractivity contribution in [2.45, 2.75) is 78.9 Å². The Balaban J connectivity index is 2.13. The monoisotopic (exact) mass is 408 g/mol. The topological polar surface area (TPSA) is 49.4 Å². The van der Waals surface area contributed by atoms with Gasteiger partial charge in [-0.1, -0.05) is 67.9 Å². The Hall–Kier alpha value is -2.62. The van der Waals surface area contributed by atoms with Gasteiger partial charge in [-0.25, -0.2) is 0 Å². The van der Waals surface area contributed by atoms with Crippen LogP contribution in [0.5, 0.6) is 0 Å². The molecule has 0 aliphatic carbocycles. The Morgan fingerprint density at radius 2 is 1.63 bits per heavy atom. The van der Waals surface area contributed by atoms with Crippen LogP contribution in [0, 0.1) is 6.92 Å². The van der Waals surface area contributed by atoms with Gasteiger partial charge >= 0.3 is 0 Å². The van der Waals surface area contributed by atoms with E-state index in [2.05, 4.69) is 42.6 Å². The molecule has 0 aromatic heterocycles. The maximum absolute atomic E-state index is 13.2. The van der Waals surface area contributed by atoms with Gasteiger partial charge in [-0.2, -0.15) is 0 Å². The van der Waals surface area contributed by atoms with Gasteiger partial charge in [0.2, 0.25) is 11.8 Å². The third-order valence-electron chi connectivity index (χ3n) is 5.66. The van der Waals surface area contributed by atoms with Gasteiger partial charge in [0.15, 0.2) is 0 Å². The van der Waals surface area contributed by atoms with Crippen LogP contribution in [-0.2, 0) is 29.0 Å². The molecule has 0 aliphatic rings. The molecule has 2 atom stereocenters. The minimum atomic E-state index is -0.519. The fourth-order valence-electron chi connectivity index (χ4n) is 3.39. The second-order valence-electron chi connectivity index (χ2n) is 8.17. The molecule has 0 bridgehead atoms. The number of carbonyl (C=O) groups is 2. The summed E-state index contributed by atoms with van der Waals surface area (Å²) in [7, 11) is 0. The second-order valence-corrected chi connectivity index (χ2v) is 8.17. The number of amides is 2. The highest BCUT2D eigenvalue weighted by Gasteiger charge is 2.26. The molecular formula is C26H36N2O2. The first-order chi connectivity index (χ1) is 14.3. The van der Waals surface area contributed by atoms with E-state index in [1.165, 1.54) is 5.56 Å². The first kappa shape index (κ1) is 23.7. The first-order valence-corrected chi connectivity index (χ1v) is 11.1. The zero-order chi connectivity index (χ0) is 22.1. The number of nitrogens with one attached hydrogen (secondary N) is 1. The maximum atomic E-state index is 13.2. The molecule has 0 fully saturated rings. The largest absolute Gasteiger partial charge is 0.352 e. The van der Waals surface area contributed by atoms with Crippen LogP contribution in [0.25, 0.3) is 0 Å². The highest BCUT2D eigenvalue weighted by Crippen LogP contribution is 2.15. The average Bonchev–Trinajstić information content (AvgIpc) is 2.75. The summed E-state index contributed by atoms with van der Waals surface area (Å²) < 4.78 is 0. The van der Waals surface area contributed by atoms with Crippen LogP contribution >= 0.6 is 0 Å². The van der Waals surface area contributed by atoms with Gasteiger partial charge in [0.25, 0.3) is 0 Å². The fourth-order valence-corrected chi connectivity index (χ4v) is 3.39. The molecule has 2 amide bonds. The van der Waals surface area contributed by atoms with Crippen molar-refractivity contribution < 1.29 is 9.59 Å². The number of hydrogen-bond acceptors (Lipinski definition) is 2. The summed E-state index contributed by atoms with van der Waals surface area (Å²) in [5, 5.41) is 3.02. The fraction of sp³-hybridized carbons (Fsp3) is 0.462. The van der Waals surface area contributed by atoms with Crippen LogP contribution in [0.4, 0.5) is 0 Å². The summed E-state index contributed by atoms with van der Waals surface area (Å²) in [4.78, 5) is 27.6. The maximum Gasteiger partial charge on any atom is 0.242 e. The van der Waals surface area contributed by atoms with Crippen molar-refractivity contribution >= 4 is 11.8 Å². The first-order valence-electron chi connectivity index (χ1n) is 11.1. The van der Waals surface area contributed by atoms with Gasteiger partial charge in [-0.3, -0.25) is 9.59 Å². The van der Waals surface area contributed by atoms with E-state index >= 15 is 0 Å². The summed E-state index contributed by atoms with van der Waals surface area (Å²) in [6.45, 7) is 10.4. The highest BCUT2D eigenvalue weighted by molar-refractivity contribution is 5.87. The van der Waals surface area contributed by atoms with Crippen LogP contribution in [0.3, 0.4) is 0 Å². The minimum absolute atomic E-state index is 0.00266. The molecular weight excluding hydrogens is 372 g/mol. The van der Waals surface area contributed by atoms with Crippen LogP contribution in [0.2, 0.25) is 0 Å². The Bertz CT molecular complexity index is 829. The van der Waals surface area contributed by atoms with E-state index in [9.17, 15) is 9.59 Å². The smallest absolute Gasteiger partial charge is 0.242 e. The Morgan fingerprint density at radius 1 is 0.967 bits per heavy atom. The van der Waals surface area contributed by atoms with Gasteiger partial charge < -0.3 is 10.2 Å². The van der Waals surface area contributed by atoms with Crippen LogP contribution in [0.1, 0.15) is 62.8 Å². The van der Waals surface area contributed by atoms with E-state index in [0.717, 1.165) is 29.5 Å². The van der Waals surface area contributed by atoms with Crippen molar-refractivity contribution in [1.82, 2.24) is 10.2 Å². The van der Waals surface area contributed by atoms with Gasteiger partial charge in [0.05, 0.1) is 0 Å². The molecule has 0 saturated heterocycles. The predicted molar refractivity (Wildman–Crippen MR) is 123 cm³/mol. The Labute approximate surface area is 181 Å². The van der Waals surface area contributed by atoms with Crippen molar-refractivity contribution in [3.8, 4) is 0 Å². The van der Waals surface area contributed by atoms with Gasteiger partial charge in [0, 0.05) is 19.0 Å². The molecule has 4 heteroatoms. The van der Waals surface area contributed by atoms with Crippen molar-refractivity contribution in [2.24, 2.45) is 0 Å². The lowest BCUT2D eigenvalue weighted by Crippen LogP contribution is -2.49. The number of hydrogen-bond donors (Lipinski definition) is 1. The van der Waals surface area contributed by atoms with Gasteiger partial charge in [-0.05, 0) is 56.7 Å². The molecule has 2 aromatic rings. The molecule has 162 valence electrons. The standard InChI is InChI=1S/C26H36N2O2/c1-6-20(4)27-26(30)21(5)28(18-24-10-8-9-19(3)17-24)25(29)16-15-23-13-11-22(7-2)12-14-23/h8-14,17,20-21H,6-7,15-16,18H2,1-5H3,(H,27,30)/t20-,21+/m0/s1. The lowest BCUT2D eigenvalue weighted by Gasteiger charge is -2.30. The molecule has 1 N–H and O–H groups in total. The molecule has 0 unspecified atom stereocenters. The van der Waals surface area contributed by atoms with E-state index in [-0.39, 0.29) is 17.9 Å². The number of nitrogens with zero attached hydrogens (tertiary/aromatic N) is 1. The lowest BCUT2D eigenvalue weighted by atomic mass is 10.0. The number of benzene rings is 2. The molecule has 2 aromatic carbocycles. The number of aryl methyl sites for hydroxylation is 3. The molecule has 30 heavy (non-hydrogen) atoms. The average molecular weight is 409 g/mol. The van der Waals surface area contributed by atoms with Crippen LogP contribution < -0.4 is 5.32 Å². The van der Waals surface area contributed by atoms with Gasteiger partial charge in [-0.15, -0.1) is 0 Å². The number of rotatable bonds is 10. The molecule has 0 spiro atoms. The summed E-state index contributed by atoms with van der Waals surface area (Å²) >= 11 is 0. The summed E-state index contributed by atoms with van der Waals surface area (Å²) in [5.41, 5.74) is 4.63. The third-order valence-corrected chi connectivity index (χ3v) is 5.66. The molecule has 4 nitrogen and oxygen atoms in total. The zero-order valence-electron chi connectivity index (χ0n) is 19.1. The second kappa shape index (κ2) is 11.5. The Morgan fingerprint density at radius 3 is 2.23 bits per heavy atom. The van der Waals surface area contributed by atoms with Crippen molar-refractivity contribution in [2.75, 3.05) is 0 Å². The summed E-state index contributed by atoms with van der Waals surface area (Å²) in [6, 6.07) is 16.1. The Kier molecular flexibility index (Phi) is 9.10. The van der Waals surface area contributed by atoms with Crippen molar-refractivity contribution in [3.05, 3.63) is 70.8 Å². The van der Waals surface area contributed by atoms with E-state index in [0.29, 0.717) is 19.4 Å². The van der Waals surface area contributed by atoms with Crippen molar-refractivity contribution in [3.63, 3.8) is 0 Å². The normalized spacial score (nSPS) is 12.8. The van der Waals surface area contributed by atoms with Gasteiger partial charge in [0.1, 0.15) is 6.04 Å². The molecule has 0 aliphatic heterocycles.